The van der Waals surface area contributed by atoms with Gasteiger partial charge in [-0.2, -0.15) is 0 Å². The van der Waals surface area contributed by atoms with Crippen molar-refractivity contribution in [2.24, 2.45) is 5.92 Å². The smallest absolute Gasteiger partial charge is 0.229 e. The zero-order valence-corrected chi connectivity index (χ0v) is 13.5. The summed E-state index contributed by atoms with van der Waals surface area (Å²) in [7, 11) is 0. The molecular weight excluding hydrogens is 357 g/mol. The molecule has 1 N–H and O–H groups in total. The van der Waals surface area contributed by atoms with Crippen LogP contribution >= 0.6 is 11.6 Å². The van der Waals surface area contributed by atoms with Crippen LogP contribution in [0.4, 0.5) is 24.5 Å². The maximum Gasteiger partial charge on any atom is 0.229 e. The van der Waals surface area contributed by atoms with Crippen molar-refractivity contribution in [3.63, 3.8) is 0 Å². The molecule has 1 fully saturated rings. The Morgan fingerprint density at radius 3 is 2.56 bits per heavy atom. The van der Waals surface area contributed by atoms with Crippen LogP contribution in [0.15, 0.2) is 36.4 Å². The molecular formula is C17H12ClF3N2O2. The molecule has 0 aromatic heterocycles. The maximum atomic E-state index is 13.6. The number of hydrogen-bond donors (Lipinski definition) is 1. The van der Waals surface area contributed by atoms with Gasteiger partial charge in [-0.05, 0) is 30.3 Å². The predicted octanol–water partition coefficient (Wildman–Crippen LogP) is 3.75. The lowest BCUT2D eigenvalue weighted by atomic mass is 10.1. The first-order valence-electron chi connectivity index (χ1n) is 7.36. The molecule has 1 aliphatic rings. The first-order valence-corrected chi connectivity index (χ1v) is 7.74. The monoisotopic (exact) mass is 368 g/mol. The highest BCUT2D eigenvalue weighted by atomic mass is 35.5. The summed E-state index contributed by atoms with van der Waals surface area (Å²) in [4.78, 5) is 25.7. The summed E-state index contributed by atoms with van der Waals surface area (Å²) in [5.74, 6) is -3.89. The van der Waals surface area contributed by atoms with Gasteiger partial charge < -0.3 is 10.2 Å². The molecule has 0 aliphatic carbocycles. The van der Waals surface area contributed by atoms with Crippen molar-refractivity contribution >= 4 is 34.8 Å². The minimum Gasteiger partial charge on any atom is -0.323 e. The van der Waals surface area contributed by atoms with Gasteiger partial charge in [-0.3, -0.25) is 9.59 Å². The minimum absolute atomic E-state index is 0.0510. The average Bonchev–Trinajstić information content (AvgIpc) is 2.95. The van der Waals surface area contributed by atoms with Gasteiger partial charge in [0.05, 0.1) is 16.6 Å². The largest absolute Gasteiger partial charge is 0.323 e. The number of hydrogen-bond acceptors (Lipinski definition) is 2. The lowest BCUT2D eigenvalue weighted by Gasteiger charge is -2.17. The minimum atomic E-state index is -0.903. The number of anilines is 2. The van der Waals surface area contributed by atoms with Crippen LogP contribution in [0.25, 0.3) is 0 Å². The second kappa shape index (κ2) is 6.76. The van der Waals surface area contributed by atoms with E-state index in [2.05, 4.69) is 5.32 Å². The van der Waals surface area contributed by atoms with Crippen LogP contribution in [0.2, 0.25) is 5.02 Å². The molecule has 3 rings (SSSR count). The molecule has 0 radical (unpaired) electrons. The molecule has 8 heteroatoms. The first kappa shape index (κ1) is 17.3. The van der Waals surface area contributed by atoms with Crippen molar-refractivity contribution in [1.29, 1.82) is 0 Å². The van der Waals surface area contributed by atoms with Crippen LogP contribution in [0.1, 0.15) is 6.42 Å². The van der Waals surface area contributed by atoms with Gasteiger partial charge in [0.15, 0.2) is 0 Å². The van der Waals surface area contributed by atoms with Gasteiger partial charge in [0.1, 0.15) is 17.5 Å². The molecule has 0 spiro atoms. The molecule has 1 heterocycles. The number of amides is 2. The molecule has 25 heavy (non-hydrogen) atoms. The van der Waals surface area contributed by atoms with E-state index in [1.807, 2.05) is 0 Å². The van der Waals surface area contributed by atoms with Crippen molar-refractivity contribution in [1.82, 2.24) is 0 Å². The quantitative estimate of drug-likeness (QED) is 0.897. The van der Waals surface area contributed by atoms with Crippen molar-refractivity contribution in [2.75, 3.05) is 16.8 Å². The third-order valence-corrected chi connectivity index (χ3v) is 4.19. The summed E-state index contributed by atoms with van der Waals surface area (Å²) < 4.78 is 39.7. The predicted molar refractivity (Wildman–Crippen MR) is 86.9 cm³/mol. The van der Waals surface area contributed by atoms with E-state index < -0.39 is 29.3 Å². The van der Waals surface area contributed by atoms with Crippen LogP contribution in [0.5, 0.6) is 0 Å². The molecule has 2 aromatic carbocycles. The molecule has 4 nitrogen and oxygen atoms in total. The van der Waals surface area contributed by atoms with E-state index in [0.717, 1.165) is 18.2 Å². The Bertz CT molecular complexity index is 860. The van der Waals surface area contributed by atoms with E-state index in [9.17, 15) is 22.8 Å². The van der Waals surface area contributed by atoms with Crippen LogP contribution in [-0.2, 0) is 9.59 Å². The molecule has 1 aliphatic heterocycles. The Kier molecular flexibility index (Phi) is 4.67. The van der Waals surface area contributed by atoms with Crippen LogP contribution < -0.4 is 10.2 Å². The van der Waals surface area contributed by atoms with Gasteiger partial charge in [-0.15, -0.1) is 0 Å². The number of benzene rings is 2. The van der Waals surface area contributed by atoms with E-state index in [0.29, 0.717) is 11.8 Å². The zero-order chi connectivity index (χ0) is 18.1. The second-order valence-corrected chi connectivity index (χ2v) is 6.02. The number of halogens is 4. The number of carbonyl (C=O) groups excluding carboxylic acids is 2. The molecule has 2 amide bonds. The SMILES string of the molecule is O=C(Nc1ccc(F)cc1F)C1CC(=O)N(c2ccc(F)c(Cl)c2)C1. The Hall–Kier alpha value is -2.54. The lowest BCUT2D eigenvalue weighted by molar-refractivity contribution is -0.122. The van der Waals surface area contributed by atoms with Crippen molar-refractivity contribution < 1.29 is 22.8 Å². The third kappa shape index (κ3) is 3.61. The highest BCUT2D eigenvalue weighted by molar-refractivity contribution is 6.31. The Morgan fingerprint density at radius 1 is 1.12 bits per heavy atom. The van der Waals surface area contributed by atoms with Gasteiger partial charge in [0.25, 0.3) is 0 Å². The van der Waals surface area contributed by atoms with Crippen LogP contribution in [0, 0.1) is 23.4 Å². The van der Waals surface area contributed by atoms with Gasteiger partial charge in [0, 0.05) is 24.7 Å². The van der Waals surface area contributed by atoms with E-state index >= 15 is 0 Å². The van der Waals surface area contributed by atoms with Gasteiger partial charge in [0.2, 0.25) is 11.8 Å². The summed E-state index contributed by atoms with van der Waals surface area (Å²) in [5, 5.41) is 2.21. The Morgan fingerprint density at radius 2 is 1.88 bits per heavy atom. The number of rotatable bonds is 3. The fourth-order valence-corrected chi connectivity index (χ4v) is 2.79. The number of nitrogens with one attached hydrogen (secondary N) is 1. The van der Waals surface area contributed by atoms with Gasteiger partial charge >= 0.3 is 0 Å². The number of nitrogens with zero attached hydrogens (tertiary/aromatic N) is 1. The van der Waals surface area contributed by atoms with Crippen molar-refractivity contribution in [3.8, 4) is 0 Å². The topological polar surface area (TPSA) is 49.4 Å². The van der Waals surface area contributed by atoms with Crippen molar-refractivity contribution in [2.45, 2.75) is 6.42 Å². The fourth-order valence-electron chi connectivity index (χ4n) is 2.61. The zero-order valence-electron chi connectivity index (χ0n) is 12.7. The Balaban J connectivity index is 1.73. The van der Waals surface area contributed by atoms with Gasteiger partial charge in [-0.25, -0.2) is 13.2 Å². The molecule has 0 saturated carbocycles. The molecule has 130 valence electrons. The fraction of sp³-hybridized carbons (Fsp3) is 0.176. The standard InChI is InChI=1S/C17H12ClF3N2O2/c18-12-7-11(2-3-13(12)20)23-8-9(5-16(23)24)17(25)22-15-4-1-10(19)6-14(15)21/h1-4,6-7,9H,5,8H2,(H,22,25). The third-order valence-electron chi connectivity index (χ3n) is 3.90. The molecule has 1 saturated heterocycles. The van der Waals surface area contributed by atoms with E-state index in [-0.39, 0.29) is 29.6 Å². The average molecular weight is 369 g/mol. The van der Waals surface area contributed by atoms with E-state index in [1.165, 1.54) is 17.0 Å². The van der Waals surface area contributed by atoms with Crippen molar-refractivity contribution in [3.05, 3.63) is 58.9 Å². The summed E-state index contributed by atoms with van der Waals surface area (Å²) in [6.07, 6.45) is -0.0797. The normalized spacial score (nSPS) is 17.0. The van der Waals surface area contributed by atoms with E-state index in [4.69, 9.17) is 11.6 Å². The molecule has 2 aromatic rings. The lowest BCUT2D eigenvalue weighted by Crippen LogP contribution is -2.28. The van der Waals surface area contributed by atoms with E-state index in [1.54, 1.807) is 0 Å². The Labute approximate surface area is 146 Å². The molecule has 1 unspecified atom stereocenters. The summed E-state index contributed by atoms with van der Waals surface area (Å²) in [6.45, 7) is 0.0510. The summed E-state index contributed by atoms with van der Waals surface area (Å²) in [6, 6.07) is 6.60. The summed E-state index contributed by atoms with van der Waals surface area (Å²) in [5.41, 5.74) is 0.210. The first-order chi connectivity index (χ1) is 11.8. The highest BCUT2D eigenvalue weighted by Gasteiger charge is 2.35. The van der Waals surface area contributed by atoms with Gasteiger partial charge in [-0.1, -0.05) is 11.6 Å². The van der Waals surface area contributed by atoms with Crippen LogP contribution in [0.3, 0.4) is 0 Å². The molecule has 0 bridgehead atoms. The maximum absolute atomic E-state index is 13.6. The molecule has 1 atom stereocenters. The highest BCUT2D eigenvalue weighted by Crippen LogP contribution is 2.29. The number of carbonyl (C=O) groups is 2. The summed E-state index contributed by atoms with van der Waals surface area (Å²) >= 11 is 5.71. The van der Waals surface area contributed by atoms with Crippen LogP contribution in [-0.4, -0.2) is 18.4 Å². The second-order valence-electron chi connectivity index (χ2n) is 5.62.